The Labute approximate surface area is 79.8 Å². The molecular formula is C10H8S2. The minimum Gasteiger partial charge on any atom is -0.152 e. The van der Waals surface area contributed by atoms with Gasteiger partial charge in [0.25, 0.3) is 0 Å². The topological polar surface area (TPSA) is 0 Å². The fourth-order valence-electron chi connectivity index (χ4n) is 0.934. The van der Waals surface area contributed by atoms with Gasteiger partial charge < -0.3 is 0 Å². The number of rotatable bonds is 2. The van der Waals surface area contributed by atoms with Crippen LogP contribution < -0.4 is 0 Å². The van der Waals surface area contributed by atoms with Crippen LogP contribution in [-0.2, 0) is 0 Å². The van der Waals surface area contributed by atoms with Gasteiger partial charge >= 0.3 is 0 Å². The molecular weight excluding hydrogens is 184 g/mol. The summed E-state index contributed by atoms with van der Waals surface area (Å²) in [5, 5.41) is 6.32. The van der Waals surface area contributed by atoms with Gasteiger partial charge in [0.05, 0.1) is 0 Å². The number of hydrogen-bond donors (Lipinski definition) is 0. The minimum absolute atomic E-state index is 1.29. The van der Waals surface area contributed by atoms with Crippen LogP contribution >= 0.6 is 22.7 Å². The summed E-state index contributed by atoms with van der Waals surface area (Å²) >= 11 is 3.49. The Kier molecular flexibility index (Phi) is 2.39. The lowest BCUT2D eigenvalue weighted by Gasteiger charge is -1.82. The summed E-state index contributed by atoms with van der Waals surface area (Å²) in [6, 6.07) is 6.31. The monoisotopic (exact) mass is 192 g/mol. The lowest BCUT2D eigenvalue weighted by molar-refractivity contribution is 1.88. The van der Waals surface area contributed by atoms with Crippen molar-refractivity contribution in [3.05, 3.63) is 44.8 Å². The molecule has 0 unspecified atom stereocenters. The van der Waals surface area contributed by atoms with E-state index in [1.165, 1.54) is 10.4 Å². The molecule has 0 atom stereocenters. The van der Waals surface area contributed by atoms with Gasteiger partial charge in [0, 0.05) is 4.88 Å². The van der Waals surface area contributed by atoms with Gasteiger partial charge in [-0.15, -0.1) is 11.3 Å². The highest BCUT2D eigenvalue weighted by molar-refractivity contribution is 7.10. The average molecular weight is 192 g/mol. The Morgan fingerprint density at radius 3 is 2.75 bits per heavy atom. The molecule has 0 saturated heterocycles. The normalized spacial score (nSPS) is 11.0. The van der Waals surface area contributed by atoms with Crippen LogP contribution in [0.1, 0.15) is 10.4 Å². The van der Waals surface area contributed by atoms with Gasteiger partial charge in [-0.25, -0.2) is 0 Å². The van der Waals surface area contributed by atoms with Crippen LogP contribution in [-0.4, -0.2) is 0 Å². The summed E-state index contributed by atoms with van der Waals surface area (Å²) in [5.41, 5.74) is 1.29. The van der Waals surface area contributed by atoms with E-state index in [0.717, 1.165) is 0 Å². The molecule has 2 aromatic rings. The van der Waals surface area contributed by atoms with Crippen molar-refractivity contribution in [3.63, 3.8) is 0 Å². The molecule has 0 bridgehead atoms. The van der Waals surface area contributed by atoms with Gasteiger partial charge in [-0.3, -0.25) is 0 Å². The van der Waals surface area contributed by atoms with E-state index < -0.39 is 0 Å². The van der Waals surface area contributed by atoms with Crippen molar-refractivity contribution in [2.45, 2.75) is 0 Å². The van der Waals surface area contributed by atoms with E-state index in [1.54, 1.807) is 22.7 Å². The fourth-order valence-corrected chi connectivity index (χ4v) is 2.18. The fraction of sp³-hybridized carbons (Fsp3) is 0. The molecule has 0 spiro atoms. The van der Waals surface area contributed by atoms with E-state index in [0.29, 0.717) is 0 Å². The number of thiophene rings is 2. The highest BCUT2D eigenvalue weighted by atomic mass is 32.1. The summed E-state index contributed by atoms with van der Waals surface area (Å²) in [5.74, 6) is 0. The molecule has 0 aliphatic carbocycles. The van der Waals surface area contributed by atoms with Crippen molar-refractivity contribution in [1.82, 2.24) is 0 Å². The van der Waals surface area contributed by atoms with Gasteiger partial charge in [0.15, 0.2) is 0 Å². The Hall–Kier alpha value is -0.860. The van der Waals surface area contributed by atoms with Crippen LogP contribution in [0.4, 0.5) is 0 Å². The first-order valence-electron chi connectivity index (χ1n) is 3.69. The van der Waals surface area contributed by atoms with E-state index in [4.69, 9.17) is 0 Å². The highest BCUT2D eigenvalue weighted by Crippen LogP contribution is 2.14. The lowest BCUT2D eigenvalue weighted by Crippen LogP contribution is -1.59. The zero-order valence-electron chi connectivity index (χ0n) is 6.44. The second-order valence-electron chi connectivity index (χ2n) is 2.41. The average Bonchev–Trinajstić information content (AvgIpc) is 2.74. The molecule has 0 aliphatic rings. The first kappa shape index (κ1) is 7.77. The lowest BCUT2D eigenvalue weighted by atomic mass is 10.3. The molecule has 0 N–H and O–H groups in total. The summed E-state index contributed by atoms with van der Waals surface area (Å²) in [4.78, 5) is 1.31. The van der Waals surface area contributed by atoms with E-state index in [2.05, 4.69) is 46.5 Å². The summed E-state index contributed by atoms with van der Waals surface area (Å²) in [6.45, 7) is 0. The van der Waals surface area contributed by atoms with Crippen LogP contribution in [0.25, 0.3) is 12.2 Å². The van der Waals surface area contributed by atoms with Crippen molar-refractivity contribution in [2.24, 2.45) is 0 Å². The van der Waals surface area contributed by atoms with E-state index in [9.17, 15) is 0 Å². The largest absolute Gasteiger partial charge is 0.152 e. The van der Waals surface area contributed by atoms with Crippen LogP contribution in [0.2, 0.25) is 0 Å². The SMILES string of the molecule is C(=Cc1cccs1)c1ccsc1. The molecule has 0 aromatic carbocycles. The first-order chi connectivity index (χ1) is 5.95. The molecule has 0 amide bonds. The smallest absolute Gasteiger partial charge is 0.0270 e. The second-order valence-corrected chi connectivity index (χ2v) is 4.16. The molecule has 0 nitrogen and oxygen atoms in total. The van der Waals surface area contributed by atoms with Crippen molar-refractivity contribution in [3.8, 4) is 0 Å². The van der Waals surface area contributed by atoms with Gasteiger partial charge in [-0.05, 0) is 39.9 Å². The van der Waals surface area contributed by atoms with E-state index in [-0.39, 0.29) is 0 Å². The molecule has 12 heavy (non-hydrogen) atoms. The summed E-state index contributed by atoms with van der Waals surface area (Å²) in [7, 11) is 0. The zero-order valence-corrected chi connectivity index (χ0v) is 8.07. The maximum absolute atomic E-state index is 2.15. The Morgan fingerprint density at radius 2 is 2.08 bits per heavy atom. The van der Waals surface area contributed by atoms with Crippen LogP contribution in [0.3, 0.4) is 0 Å². The number of hydrogen-bond acceptors (Lipinski definition) is 2. The molecule has 2 heterocycles. The first-order valence-corrected chi connectivity index (χ1v) is 5.51. The molecule has 0 radical (unpaired) electrons. The van der Waals surface area contributed by atoms with Gasteiger partial charge in [-0.2, -0.15) is 11.3 Å². The predicted octanol–water partition coefficient (Wildman–Crippen LogP) is 3.98. The van der Waals surface area contributed by atoms with Crippen molar-refractivity contribution in [1.29, 1.82) is 0 Å². The van der Waals surface area contributed by atoms with Crippen LogP contribution in [0.15, 0.2) is 34.3 Å². The highest BCUT2D eigenvalue weighted by Gasteiger charge is 1.87. The molecule has 60 valence electrons. The quantitative estimate of drug-likeness (QED) is 0.675. The maximum Gasteiger partial charge on any atom is 0.0270 e. The van der Waals surface area contributed by atoms with Crippen LogP contribution in [0.5, 0.6) is 0 Å². The van der Waals surface area contributed by atoms with Crippen molar-refractivity contribution in [2.75, 3.05) is 0 Å². The predicted molar refractivity (Wildman–Crippen MR) is 57.6 cm³/mol. The molecule has 2 heteroatoms. The Morgan fingerprint density at radius 1 is 1.08 bits per heavy atom. The third kappa shape index (κ3) is 1.84. The Balaban J connectivity index is 2.14. The van der Waals surface area contributed by atoms with Gasteiger partial charge in [0.1, 0.15) is 0 Å². The summed E-state index contributed by atoms with van der Waals surface area (Å²) < 4.78 is 0. The molecule has 2 rings (SSSR count). The molecule has 2 aromatic heterocycles. The van der Waals surface area contributed by atoms with Gasteiger partial charge in [0.2, 0.25) is 0 Å². The van der Waals surface area contributed by atoms with Crippen molar-refractivity contribution >= 4 is 34.8 Å². The molecule has 0 saturated carbocycles. The summed E-state index contributed by atoms with van der Waals surface area (Å²) in [6.07, 6.45) is 4.29. The van der Waals surface area contributed by atoms with Gasteiger partial charge in [-0.1, -0.05) is 12.1 Å². The minimum atomic E-state index is 1.29. The zero-order chi connectivity index (χ0) is 8.23. The maximum atomic E-state index is 2.15. The standard InChI is InChI=1S/C10H8S2/c1-2-10(12-6-1)4-3-9-5-7-11-8-9/h1-8H. The molecule has 0 aliphatic heterocycles. The Bertz CT molecular complexity index is 305. The second kappa shape index (κ2) is 3.70. The van der Waals surface area contributed by atoms with E-state index >= 15 is 0 Å². The third-order valence-electron chi connectivity index (χ3n) is 1.53. The van der Waals surface area contributed by atoms with E-state index in [1.807, 2.05) is 0 Å². The van der Waals surface area contributed by atoms with Crippen LogP contribution in [0, 0.1) is 0 Å². The molecule has 0 fully saturated rings. The third-order valence-corrected chi connectivity index (χ3v) is 3.07. The van der Waals surface area contributed by atoms with Crippen molar-refractivity contribution < 1.29 is 0 Å².